The molecule has 0 fully saturated rings. The zero-order valence-corrected chi connectivity index (χ0v) is 15.9. The van der Waals surface area contributed by atoms with Crippen LogP contribution in [-0.4, -0.2) is 28.6 Å². The summed E-state index contributed by atoms with van der Waals surface area (Å²) in [6.45, 7) is 3.79. The Morgan fingerprint density at radius 2 is 2.11 bits per heavy atom. The van der Waals surface area contributed by atoms with Crippen LogP contribution in [-0.2, 0) is 27.4 Å². The van der Waals surface area contributed by atoms with E-state index in [0.29, 0.717) is 10.2 Å². The third-order valence-electron chi connectivity index (χ3n) is 4.23. The summed E-state index contributed by atoms with van der Waals surface area (Å²) in [5, 5.41) is 0.590. The Morgan fingerprint density at radius 1 is 1.33 bits per heavy atom. The lowest BCUT2D eigenvalue weighted by molar-refractivity contribution is -0.145. The average Bonchev–Trinajstić information content (AvgIpc) is 3.24. The Morgan fingerprint density at radius 3 is 2.85 bits per heavy atom. The van der Waals surface area contributed by atoms with Crippen LogP contribution in [0.4, 0.5) is 0 Å². The molecule has 0 aliphatic heterocycles. The SMILES string of the molecule is COC(=O)c1ccoc1COC(=O)CCn1cnc2sc(C)c(C)c2c1=O. The van der Waals surface area contributed by atoms with Crippen LogP contribution in [0.1, 0.15) is 33.0 Å². The van der Waals surface area contributed by atoms with Crippen molar-refractivity contribution in [1.29, 1.82) is 0 Å². The van der Waals surface area contributed by atoms with Gasteiger partial charge in [-0.2, -0.15) is 0 Å². The highest BCUT2D eigenvalue weighted by molar-refractivity contribution is 7.18. The third-order valence-corrected chi connectivity index (χ3v) is 5.34. The fourth-order valence-electron chi connectivity index (χ4n) is 2.60. The minimum atomic E-state index is -0.567. The molecule has 9 heteroatoms. The number of carbonyl (C=O) groups excluding carboxylic acids is 2. The first-order chi connectivity index (χ1) is 12.9. The fourth-order valence-corrected chi connectivity index (χ4v) is 3.59. The summed E-state index contributed by atoms with van der Waals surface area (Å²) in [6, 6.07) is 1.45. The molecule has 0 amide bonds. The predicted molar refractivity (Wildman–Crippen MR) is 97.8 cm³/mol. The molecule has 3 rings (SSSR count). The van der Waals surface area contributed by atoms with Gasteiger partial charge in [0.15, 0.2) is 5.76 Å². The molecule has 0 bridgehead atoms. The second-order valence-corrected chi connectivity index (χ2v) is 7.07. The van der Waals surface area contributed by atoms with Gasteiger partial charge >= 0.3 is 11.9 Å². The molecular formula is C18H18N2O6S. The normalized spacial score (nSPS) is 10.9. The molecule has 0 saturated heterocycles. The quantitative estimate of drug-likeness (QED) is 0.596. The van der Waals surface area contributed by atoms with Gasteiger partial charge < -0.3 is 13.9 Å². The lowest BCUT2D eigenvalue weighted by Crippen LogP contribution is -2.22. The summed E-state index contributed by atoms with van der Waals surface area (Å²) in [7, 11) is 1.25. The standard InChI is InChI=1S/C18H18N2O6S/c1-10-11(2)27-16-15(10)17(22)20(9-19-16)6-4-14(21)26-8-13-12(5-7-25-13)18(23)24-3/h5,7,9H,4,6,8H2,1-3H3. The Kier molecular flexibility index (Phi) is 5.41. The molecule has 3 aromatic rings. The van der Waals surface area contributed by atoms with Crippen molar-refractivity contribution in [3.05, 3.63) is 50.8 Å². The zero-order chi connectivity index (χ0) is 19.6. The highest BCUT2D eigenvalue weighted by Crippen LogP contribution is 2.25. The molecule has 0 aromatic carbocycles. The van der Waals surface area contributed by atoms with Gasteiger partial charge in [-0.3, -0.25) is 14.2 Å². The number of hydrogen-bond donors (Lipinski definition) is 0. The molecule has 0 atom stereocenters. The van der Waals surface area contributed by atoms with Crippen molar-refractivity contribution in [3.8, 4) is 0 Å². The van der Waals surface area contributed by atoms with E-state index in [4.69, 9.17) is 9.15 Å². The molecule has 8 nitrogen and oxygen atoms in total. The van der Waals surface area contributed by atoms with Crippen LogP contribution in [0.25, 0.3) is 10.2 Å². The summed E-state index contributed by atoms with van der Waals surface area (Å²) < 4.78 is 16.3. The van der Waals surface area contributed by atoms with E-state index >= 15 is 0 Å². The zero-order valence-electron chi connectivity index (χ0n) is 15.1. The van der Waals surface area contributed by atoms with E-state index in [-0.39, 0.29) is 36.5 Å². The van der Waals surface area contributed by atoms with Crippen molar-refractivity contribution >= 4 is 33.5 Å². The molecule has 3 heterocycles. The van der Waals surface area contributed by atoms with Crippen molar-refractivity contribution in [1.82, 2.24) is 9.55 Å². The molecule has 0 spiro atoms. The minimum absolute atomic E-state index is 0.0104. The van der Waals surface area contributed by atoms with Crippen LogP contribution in [0, 0.1) is 13.8 Å². The predicted octanol–water partition coefficient (Wildman–Crippen LogP) is 2.59. The third kappa shape index (κ3) is 3.77. The van der Waals surface area contributed by atoms with Crippen LogP contribution in [0.5, 0.6) is 0 Å². The number of rotatable bonds is 6. The lowest BCUT2D eigenvalue weighted by Gasteiger charge is -2.06. The summed E-state index contributed by atoms with van der Waals surface area (Å²) >= 11 is 1.47. The summed E-state index contributed by atoms with van der Waals surface area (Å²) in [4.78, 5) is 42.2. The number of fused-ring (bicyclic) bond motifs is 1. The summed E-state index contributed by atoms with van der Waals surface area (Å²) in [6.07, 6.45) is 2.75. The number of esters is 2. The molecule has 0 aliphatic carbocycles. The van der Waals surface area contributed by atoms with Crippen molar-refractivity contribution in [2.45, 2.75) is 33.4 Å². The maximum atomic E-state index is 12.6. The Labute approximate surface area is 158 Å². The molecule has 0 saturated carbocycles. The first-order valence-electron chi connectivity index (χ1n) is 8.17. The molecule has 0 aliphatic rings. The molecule has 0 N–H and O–H groups in total. The van der Waals surface area contributed by atoms with Crippen LogP contribution < -0.4 is 5.56 Å². The van der Waals surface area contributed by atoms with Crippen LogP contribution in [0.15, 0.2) is 27.9 Å². The van der Waals surface area contributed by atoms with E-state index in [0.717, 1.165) is 10.4 Å². The molecule has 0 unspecified atom stereocenters. The Balaban J connectivity index is 1.63. The van der Waals surface area contributed by atoms with Gasteiger partial charge in [-0.1, -0.05) is 0 Å². The van der Waals surface area contributed by atoms with Gasteiger partial charge in [0.05, 0.1) is 31.5 Å². The van der Waals surface area contributed by atoms with E-state index < -0.39 is 11.9 Å². The summed E-state index contributed by atoms with van der Waals surface area (Å²) in [5.74, 6) is -0.880. The van der Waals surface area contributed by atoms with Gasteiger partial charge in [0, 0.05) is 11.4 Å². The largest absolute Gasteiger partial charge is 0.465 e. The number of ether oxygens (including phenoxy) is 2. The number of furan rings is 1. The number of aryl methyl sites for hydroxylation is 3. The average molecular weight is 390 g/mol. The van der Waals surface area contributed by atoms with Gasteiger partial charge in [0.25, 0.3) is 5.56 Å². The number of hydrogen-bond acceptors (Lipinski definition) is 8. The van der Waals surface area contributed by atoms with Crippen molar-refractivity contribution in [2.75, 3.05) is 7.11 Å². The first kappa shape index (κ1) is 18.8. The van der Waals surface area contributed by atoms with Crippen molar-refractivity contribution in [2.24, 2.45) is 0 Å². The van der Waals surface area contributed by atoms with Gasteiger partial charge in [-0.05, 0) is 25.5 Å². The number of methoxy groups -OCH3 is 1. The highest BCUT2D eigenvalue weighted by Gasteiger charge is 2.17. The number of carbonyl (C=O) groups is 2. The van der Waals surface area contributed by atoms with E-state index in [1.165, 1.54) is 41.7 Å². The molecular weight excluding hydrogens is 372 g/mol. The fraction of sp³-hybridized carbons (Fsp3) is 0.333. The minimum Gasteiger partial charge on any atom is -0.465 e. The highest BCUT2D eigenvalue weighted by atomic mass is 32.1. The Hall–Kier alpha value is -2.94. The van der Waals surface area contributed by atoms with E-state index in [1.54, 1.807) is 0 Å². The topological polar surface area (TPSA) is 101 Å². The van der Waals surface area contributed by atoms with Gasteiger partial charge in [0.2, 0.25) is 0 Å². The summed E-state index contributed by atoms with van der Waals surface area (Å²) in [5.41, 5.74) is 0.950. The second kappa shape index (κ2) is 7.75. The maximum absolute atomic E-state index is 12.6. The number of thiophene rings is 1. The van der Waals surface area contributed by atoms with E-state index in [2.05, 4.69) is 9.72 Å². The molecule has 3 aromatic heterocycles. The monoisotopic (exact) mass is 390 g/mol. The molecule has 27 heavy (non-hydrogen) atoms. The van der Waals surface area contributed by atoms with E-state index in [1.807, 2.05) is 13.8 Å². The smallest absolute Gasteiger partial charge is 0.341 e. The van der Waals surface area contributed by atoms with Crippen LogP contribution in [0.3, 0.4) is 0 Å². The lowest BCUT2D eigenvalue weighted by atomic mass is 10.2. The van der Waals surface area contributed by atoms with Crippen LogP contribution >= 0.6 is 11.3 Å². The van der Waals surface area contributed by atoms with E-state index in [9.17, 15) is 14.4 Å². The molecule has 142 valence electrons. The Bertz CT molecular complexity index is 1060. The van der Waals surface area contributed by atoms with Gasteiger partial charge in [-0.25, -0.2) is 9.78 Å². The van der Waals surface area contributed by atoms with Crippen molar-refractivity contribution in [3.63, 3.8) is 0 Å². The first-order valence-corrected chi connectivity index (χ1v) is 8.99. The van der Waals surface area contributed by atoms with Gasteiger partial charge in [-0.15, -0.1) is 11.3 Å². The van der Waals surface area contributed by atoms with Gasteiger partial charge in [0.1, 0.15) is 17.0 Å². The second-order valence-electron chi connectivity index (χ2n) is 5.87. The number of nitrogens with zero attached hydrogens (tertiary/aromatic N) is 2. The van der Waals surface area contributed by atoms with Crippen LogP contribution in [0.2, 0.25) is 0 Å². The molecule has 0 radical (unpaired) electrons. The van der Waals surface area contributed by atoms with Crippen molar-refractivity contribution < 1.29 is 23.5 Å². The number of aromatic nitrogens is 2. The maximum Gasteiger partial charge on any atom is 0.341 e.